The number of benzene rings is 2. The first kappa shape index (κ1) is 31.6. The van der Waals surface area contributed by atoms with Crippen LogP contribution in [0.1, 0.15) is 32.5 Å². The Balaban J connectivity index is 1.54. The molecular formula is C35H31F3N6O3S. The number of halogens is 3. The summed E-state index contributed by atoms with van der Waals surface area (Å²) in [6, 6.07) is 8.46. The lowest BCUT2D eigenvalue weighted by Crippen LogP contribution is -2.46. The molecule has 1 aliphatic heterocycles. The van der Waals surface area contributed by atoms with E-state index < -0.39 is 23.6 Å². The van der Waals surface area contributed by atoms with E-state index in [1.54, 1.807) is 22.0 Å². The van der Waals surface area contributed by atoms with Crippen molar-refractivity contribution in [1.82, 2.24) is 29.2 Å². The fourth-order valence-electron chi connectivity index (χ4n) is 6.50. The first-order valence-corrected chi connectivity index (χ1v) is 16.2. The van der Waals surface area contributed by atoms with Crippen molar-refractivity contribution in [2.24, 2.45) is 7.05 Å². The van der Waals surface area contributed by atoms with Crippen molar-refractivity contribution < 1.29 is 27.8 Å². The predicted octanol–water partition coefficient (Wildman–Crippen LogP) is 7.04. The van der Waals surface area contributed by atoms with Gasteiger partial charge in [0.25, 0.3) is 0 Å². The number of aliphatic hydroxyl groups is 1. The zero-order chi connectivity index (χ0) is 34.0. The van der Waals surface area contributed by atoms with E-state index in [1.165, 1.54) is 18.4 Å². The van der Waals surface area contributed by atoms with Crippen LogP contribution in [0.15, 0.2) is 60.8 Å². The number of ether oxygens (including phenoxy) is 1. The number of aryl methyl sites for hydroxylation is 1. The van der Waals surface area contributed by atoms with Crippen molar-refractivity contribution in [1.29, 1.82) is 0 Å². The molecule has 0 unspecified atom stereocenters. The number of imidazole rings is 1. The number of hydrogen-bond acceptors (Lipinski definition) is 7. The lowest BCUT2D eigenvalue weighted by Gasteiger charge is -2.38. The summed E-state index contributed by atoms with van der Waals surface area (Å²) in [4.78, 5) is 24.0. The molecule has 3 atom stereocenters. The van der Waals surface area contributed by atoms with Crippen LogP contribution in [-0.2, 0) is 18.4 Å². The number of carbonyl (C=O) groups excluding carboxylic acids is 1. The van der Waals surface area contributed by atoms with Crippen molar-refractivity contribution >= 4 is 38.4 Å². The summed E-state index contributed by atoms with van der Waals surface area (Å²) in [7, 11) is 1.87. The summed E-state index contributed by atoms with van der Waals surface area (Å²) in [5.41, 5.74) is 3.69. The number of carbonyl (C=O) groups is 1. The number of rotatable bonds is 7. The number of nitrogens with zero attached hydrogens (tertiary/aromatic N) is 6. The summed E-state index contributed by atoms with van der Waals surface area (Å²) in [5, 5.41) is 16.3. The van der Waals surface area contributed by atoms with Gasteiger partial charge >= 0.3 is 0 Å². The molecular weight excluding hydrogens is 641 g/mol. The second kappa shape index (κ2) is 11.9. The van der Waals surface area contributed by atoms with Crippen LogP contribution >= 0.6 is 11.3 Å². The first-order chi connectivity index (χ1) is 23.0. The Morgan fingerprint density at radius 1 is 1.15 bits per heavy atom. The van der Waals surface area contributed by atoms with Crippen LogP contribution in [0, 0.1) is 17.5 Å². The van der Waals surface area contributed by atoms with Gasteiger partial charge in [-0.2, -0.15) is 5.10 Å². The maximum absolute atomic E-state index is 16.1. The molecule has 13 heteroatoms. The number of pyridine rings is 1. The molecule has 6 aromatic rings. The minimum Gasteiger partial charge on any atom is -0.490 e. The SMILES string of the molecule is C=CC(=O)N1[C@H](C)Cn2nc(-c3nc(-c4ccc5c(c4)ncn5C)c4c(F)csc4c3-c3c(F)cc(F)cc3OC[C@@H](C)O)cc2[C@@H]1C. The molecule has 0 radical (unpaired) electrons. The molecule has 0 spiro atoms. The van der Waals surface area contributed by atoms with Gasteiger partial charge in [0.2, 0.25) is 5.91 Å². The smallest absolute Gasteiger partial charge is 0.246 e. The summed E-state index contributed by atoms with van der Waals surface area (Å²) < 4.78 is 56.3. The molecule has 0 aliphatic carbocycles. The van der Waals surface area contributed by atoms with E-state index in [0.717, 1.165) is 29.0 Å². The number of fused-ring (bicyclic) bond motifs is 3. The van der Waals surface area contributed by atoms with Crippen LogP contribution in [0.2, 0.25) is 0 Å². The highest BCUT2D eigenvalue weighted by atomic mass is 32.1. The summed E-state index contributed by atoms with van der Waals surface area (Å²) in [6.07, 6.45) is 2.02. The number of hydrogen-bond donors (Lipinski definition) is 1. The monoisotopic (exact) mass is 672 g/mol. The van der Waals surface area contributed by atoms with Crippen molar-refractivity contribution in [3.8, 4) is 39.5 Å². The van der Waals surface area contributed by atoms with Gasteiger partial charge in [0.1, 0.15) is 41.2 Å². The highest BCUT2D eigenvalue weighted by molar-refractivity contribution is 7.18. The Morgan fingerprint density at radius 2 is 1.94 bits per heavy atom. The maximum Gasteiger partial charge on any atom is 0.246 e. The van der Waals surface area contributed by atoms with E-state index in [4.69, 9.17) is 14.8 Å². The maximum atomic E-state index is 16.1. The van der Waals surface area contributed by atoms with E-state index in [1.807, 2.05) is 43.7 Å². The van der Waals surface area contributed by atoms with Gasteiger partial charge in [0.05, 0.1) is 58.4 Å². The van der Waals surface area contributed by atoms with Crippen molar-refractivity contribution in [2.45, 2.75) is 45.5 Å². The minimum absolute atomic E-state index is 0.144. The molecule has 2 aromatic carbocycles. The molecule has 0 fully saturated rings. The Morgan fingerprint density at radius 3 is 2.69 bits per heavy atom. The van der Waals surface area contributed by atoms with Crippen LogP contribution in [0.3, 0.4) is 0 Å². The van der Waals surface area contributed by atoms with Crippen molar-refractivity contribution in [3.63, 3.8) is 0 Å². The standard InChI is InChI=1S/C35H31F3N6O3S/c1-6-29(46)44-17(2)13-43-27(19(44)4)12-25(41-43)34-32(30-22(37)10-21(36)11-28(30)47-14-18(3)45)35-31(23(38)15-48-35)33(40-34)20-7-8-26-24(9-20)39-16-42(26)5/h6-12,15-19,45H,1,13-14H2,2-5H3/t17-,18-,19+/m1/s1. The Kier molecular flexibility index (Phi) is 7.83. The second-order valence-electron chi connectivity index (χ2n) is 12.1. The topological polar surface area (TPSA) is 98.3 Å². The third kappa shape index (κ3) is 5.13. The zero-order valence-corrected chi connectivity index (χ0v) is 27.4. The largest absolute Gasteiger partial charge is 0.490 e. The van der Waals surface area contributed by atoms with Gasteiger partial charge in [0.15, 0.2) is 0 Å². The highest BCUT2D eigenvalue weighted by Crippen LogP contribution is 2.48. The van der Waals surface area contributed by atoms with E-state index in [0.29, 0.717) is 39.4 Å². The van der Waals surface area contributed by atoms with Gasteiger partial charge in [-0.1, -0.05) is 12.6 Å². The number of thiophene rings is 1. The highest BCUT2D eigenvalue weighted by Gasteiger charge is 2.35. The third-order valence-corrected chi connectivity index (χ3v) is 9.63. The Hall–Kier alpha value is -5.01. The van der Waals surface area contributed by atoms with Crippen LogP contribution < -0.4 is 4.74 Å². The van der Waals surface area contributed by atoms with Crippen molar-refractivity contribution in [3.05, 3.63) is 83.9 Å². The number of aromatic nitrogens is 5. The summed E-state index contributed by atoms with van der Waals surface area (Å²) >= 11 is 1.05. The lowest BCUT2D eigenvalue weighted by atomic mass is 9.96. The van der Waals surface area contributed by atoms with E-state index >= 15 is 8.78 Å². The van der Waals surface area contributed by atoms with Gasteiger partial charge < -0.3 is 19.3 Å². The Labute approximate surface area is 277 Å². The fraction of sp³-hybridized carbons (Fsp3) is 0.257. The first-order valence-electron chi connectivity index (χ1n) is 15.3. The Bertz CT molecular complexity index is 2260. The van der Waals surface area contributed by atoms with Crippen LogP contribution in [-0.4, -0.2) is 59.0 Å². The molecule has 0 bridgehead atoms. The molecule has 48 heavy (non-hydrogen) atoms. The number of amides is 1. The van der Waals surface area contributed by atoms with Crippen LogP contribution in [0.5, 0.6) is 5.75 Å². The molecule has 9 nitrogen and oxygen atoms in total. The van der Waals surface area contributed by atoms with Gasteiger partial charge in [-0.05, 0) is 45.0 Å². The van der Waals surface area contributed by atoms with Crippen LogP contribution in [0.25, 0.3) is 54.9 Å². The van der Waals surface area contributed by atoms with Gasteiger partial charge in [-0.15, -0.1) is 11.3 Å². The van der Waals surface area contributed by atoms with E-state index in [9.17, 15) is 14.3 Å². The van der Waals surface area contributed by atoms with Crippen LogP contribution in [0.4, 0.5) is 13.2 Å². The average molecular weight is 673 g/mol. The van der Waals surface area contributed by atoms with Crippen molar-refractivity contribution in [2.75, 3.05) is 6.61 Å². The molecule has 4 aromatic heterocycles. The normalized spacial score (nSPS) is 16.8. The molecule has 5 heterocycles. The molecule has 0 saturated carbocycles. The van der Waals surface area contributed by atoms with Gasteiger partial charge in [0, 0.05) is 46.4 Å². The molecule has 1 aliphatic rings. The molecule has 7 rings (SSSR count). The summed E-state index contributed by atoms with van der Waals surface area (Å²) in [6.45, 7) is 9.06. The quantitative estimate of drug-likeness (QED) is 0.183. The minimum atomic E-state index is -0.954. The predicted molar refractivity (Wildman–Crippen MR) is 178 cm³/mol. The molecule has 1 amide bonds. The third-order valence-electron chi connectivity index (χ3n) is 8.66. The summed E-state index contributed by atoms with van der Waals surface area (Å²) in [5.74, 6) is -2.80. The molecule has 0 saturated heterocycles. The van der Waals surface area contributed by atoms with Gasteiger partial charge in [-0.25, -0.2) is 23.1 Å². The molecule has 1 N–H and O–H groups in total. The van der Waals surface area contributed by atoms with E-state index in [-0.39, 0.29) is 52.6 Å². The lowest BCUT2D eigenvalue weighted by molar-refractivity contribution is -0.131. The molecule has 246 valence electrons. The van der Waals surface area contributed by atoms with E-state index in [2.05, 4.69) is 11.6 Å². The van der Waals surface area contributed by atoms with Gasteiger partial charge in [-0.3, -0.25) is 9.48 Å². The number of aliphatic hydroxyl groups excluding tert-OH is 1. The average Bonchev–Trinajstić information content (AvgIpc) is 3.76. The second-order valence-corrected chi connectivity index (χ2v) is 12.9. The fourth-order valence-corrected chi connectivity index (χ4v) is 7.47. The zero-order valence-electron chi connectivity index (χ0n) is 26.5.